The molecule has 0 heterocycles. The molecule has 181 valence electrons. The molecule has 0 spiro atoms. The predicted molar refractivity (Wildman–Crippen MR) is 138 cm³/mol. The van der Waals surface area contributed by atoms with Crippen LogP contribution in [-0.2, 0) is 0 Å². The van der Waals surface area contributed by atoms with E-state index >= 15 is 0 Å². The summed E-state index contributed by atoms with van der Waals surface area (Å²) in [5.74, 6) is -1.22. The molecule has 0 saturated carbocycles. The molecule has 7 nitrogen and oxygen atoms in total. The van der Waals surface area contributed by atoms with Crippen molar-refractivity contribution < 1.29 is 14.4 Å². The van der Waals surface area contributed by atoms with Gasteiger partial charge in [0.15, 0.2) is 0 Å². The largest absolute Gasteiger partial charge is 0.366 e. The molecule has 1 radical (unpaired) electrons. The molecule has 3 aromatic rings. The molecule has 3 amide bonds. The lowest BCUT2D eigenvalue weighted by molar-refractivity contribution is 0.0918. The quantitative estimate of drug-likeness (QED) is 0.339. The fourth-order valence-corrected chi connectivity index (χ4v) is 3.58. The minimum Gasteiger partial charge on any atom is -0.366 e. The summed E-state index contributed by atoms with van der Waals surface area (Å²) >= 11 is 0. The number of nitrogens with two attached hydrogens (primary N) is 1. The maximum Gasteiger partial charge on any atom is 0.257 e. The Hall–Kier alpha value is -4.13. The van der Waals surface area contributed by atoms with Crippen LogP contribution in [0.1, 0.15) is 63.7 Å². The molecule has 0 bridgehead atoms. The van der Waals surface area contributed by atoms with Crippen molar-refractivity contribution in [3.8, 4) is 0 Å². The lowest BCUT2D eigenvalue weighted by Crippen LogP contribution is -2.52. The van der Waals surface area contributed by atoms with E-state index in [0.29, 0.717) is 28.9 Å². The van der Waals surface area contributed by atoms with Crippen molar-refractivity contribution in [2.75, 3.05) is 11.4 Å². The van der Waals surface area contributed by atoms with E-state index in [4.69, 9.17) is 5.73 Å². The Balaban J connectivity index is 1.93. The van der Waals surface area contributed by atoms with Gasteiger partial charge in [-0.05, 0) is 55.0 Å². The van der Waals surface area contributed by atoms with Gasteiger partial charge in [0.1, 0.15) is 0 Å². The SMILES string of the molecule is CCCCCCN([C](NC(=O)c1ccccc1)NC(=O)c1ccccc1)c1ccc(C(N)=O)cc1. The van der Waals surface area contributed by atoms with E-state index in [1.54, 1.807) is 72.8 Å². The number of primary amides is 1. The third kappa shape index (κ3) is 7.43. The first-order chi connectivity index (χ1) is 17.0. The van der Waals surface area contributed by atoms with Crippen LogP contribution in [-0.4, -0.2) is 24.3 Å². The average molecular weight is 472 g/mol. The van der Waals surface area contributed by atoms with Crippen LogP contribution in [0.2, 0.25) is 0 Å². The van der Waals surface area contributed by atoms with Gasteiger partial charge >= 0.3 is 0 Å². The van der Waals surface area contributed by atoms with Gasteiger partial charge in [0.2, 0.25) is 5.91 Å². The number of hydrogen-bond acceptors (Lipinski definition) is 4. The van der Waals surface area contributed by atoms with Gasteiger partial charge in [-0.2, -0.15) is 0 Å². The minimum atomic E-state index is -0.523. The number of rotatable bonds is 12. The fourth-order valence-electron chi connectivity index (χ4n) is 3.58. The Morgan fingerprint density at radius 3 is 1.66 bits per heavy atom. The summed E-state index contributed by atoms with van der Waals surface area (Å²) in [6.45, 7) is 2.69. The topological polar surface area (TPSA) is 105 Å². The van der Waals surface area contributed by atoms with Crippen molar-refractivity contribution in [2.45, 2.75) is 32.6 Å². The number of benzene rings is 3. The number of hydrogen-bond donors (Lipinski definition) is 3. The van der Waals surface area contributed by atoms with Crippen molar-refractivity contribution in [2.24, 2.45) is 5.73 Å². The van der Waals surface area contributed by atoms with Gasteiger partial charge in [-0.3, -0.25) is 14.4 Å². The molecule has 0 aliphatic heterocycles. The van der Waals surface area contributed by atoms with Gasteiger partial charge in [0.25, 0.3) is 18.1 Å². The van der Waals surface area contributed by atoms with E-state index in [9.17, 15) is 14.4 Å². The first-order valence-corrected chi connectivity index (χ1v) is 11.8. The Bertz CT molecular complexity index is 1050. The highest BCUT2D eigenvalue weighted by Gasteiger charge is 2.26. The highest BCUT2D eigenvalue weighted by Crippen LogP contribution is 2.21. The molecule has 4 N–H and O–H groups in total. The van der Waals surface area contributed by atoms with Crippen molar-refractivity contribution in [3.63, 3.8) is 0 Å². The molecule has 3 aromatic carbocycles. The summed E-state index contributed by atoms with van der Waals surface area (Å²) < 4.78 is 0. The smallest absolute Gasteiger partial charge is 0.257 e. The standard InChI is InChI=1S/C28H31N4O3/c1-2-3-4-11-20-32(24-18-16-21(17-19-24)25(29)33)28(30-26(34)22-12-7-5-8-13-22)31-27(35)23-14-9-6-10-15-23/h5-10,12-19H,2-4,11,20H2,1H3,(H2,29,33)(H,30,34)(H,31,35). The number of unbranched alkanes of at least 4 members (excludes halogenated alkanes) is 3. The Labute approximate surface area is 206 Å². The van der Waals surface area contributed by atoms with Crippen LogP contribution in [0.3, 0.4) is 0 Å². The molecule has 0 aromatic heterocycles. The van der Waals surface area contributed by atoms with Crippen molar-refractivity contribution in [3.05, 3.63) is 108 Å². The van der Waals surface area contributed by atoms with Gasteiger partial charge in [-0.15, -0.1) is 0 Å². The van der Waals surface area contributed by atoms with Crippen molar-refractivity contribution >= 4 is 23.4 Å². The second-order valence-corrected chi connectivity index (χ2v) is 8.11. The zero-order valence-electron chi connectivity index (χ0n) is 19.9. The second kappa shape index (κ2) is 12.9. The van der Waals surface area contributed by atoms with Crippen LogP contribution in [0.5, 0.6) is 0 Å². The van der Waals surface area contributed by atoms with E-state index in [1.807, 2.05) is 17.0 Å². The molecular weight excluding hydrogens is 440 g/mol. The van der Waals surface area contributed by atoms with E-state index in [1.165, 1.54) is 0 Å². The number of nitrogens with one attached hydrogen (secondary N) is 2. The molecule has 0 fully saturated rings. The molecular formula is C28H31N4O3. The summed E-state index contributed by atoms with van der Waals surface area (Å²) in [7, 11) is 0. The normalized spacial score (nSPS) is 10.6. The zero-order chi connectivity index (χ0) is 25.0. The first-order valence-electron chi connectivity index (χ1n) is 11.8. The van der Waals surface area contributed by atoms with Crippen molar-refractivity contribution in [1.29, 1.82) is 0 Å². The van der Waals surface area contributed by atoms with Gasteiger partial charge in [0.05, 0.1) is 0 Å². The molecule has 0 aliphatic rings. The second-order valence-electron chi connectivity index (χ2n) is 8.11. The summed E-state index contributed by atoms with van der Waals surface area (Å²) in [5, 5.41) is 5.78. The Morgan fingerprint density at radius 2 is 1.20 bits per heavy atom. The lowest BCUT2D eigenvalue weighted by Gasteiger charge is -2.33. The molecule has 0 saturated heterocycles. The van der Waals surface area contributed by atoms with Gasteiger partial charge < -0.3 is 21.3 Å². The van der Waals surface area contributed by atoms with Crippen molar-refractivity contribution in [1.82, 2.24) is 10.6 Å². The van der Waals surface area contributed by atoms with Crippen LogP contribution in [0, 0.1) is 6.29 Å². The molecule has 7 heteroatoms. The minimum absolute atomic E-state index is 0.246. The maximum atomic E-state index is 13.1. The maximum absolute atomic E-state index is 13.1. The summed E-state index contributed by atoms with van der Waals surface area (Å²) in [4.78, 5) is 39.5. The highest BCUT2D eigenvalue weighted by molar-refractivity contribution is 5.98. The van der Waals surface area contributed by atoms with Crippen LogP contribution >= 0.6 is 0 Å². The number of anilines is 1. The van der Waals surface area contributed by atoms with E-state index in [2.05, 4.69) is 17.6 Å². The first kappa shape index (κ1) is 25.5. The summed E-state index contributed by atoms with van der Waals surface area (Å²) in [6.07, 6.45) is 4.25. The van der Waals surface area contributed by atoms with Crippen LogP contribution < -0.4 is 21.3 Å². The number of carbonyl (C=O) groups is 3. The summed E-state index contributed by atoms with van der Waals surface area (Å²) in [6, 6.07) is 24.4. The molecule has 35 heavy (non-hydrogen) atoms. The zero-order valence-corrected chi connectivity index (χ0v) is 19.9. The number of amides is 3. The molecule has 0 unspecified atom stereocenters. The monoisotopic (exact) mass is 471 g/mol. The third-order valence-corrected chi connectivity index (χ3v) is 5.50. The fraction of sp³-hybridized carbons (Fsp3) is 0.214. The predicted octanol–water partition coefficient (Wildman–Crippen LogP) is 4.48. The highest BCUT2D eigenvalue weighted by atomic mass is 16.2. The van der Waals surface area contributed by atoms with E-state index in [-0.39, 0.29) is 18.1 Å². The summed E-state index contributed by atoms with van der Waals surface area (Å²) in [5.41, 5.74) is 7.42. The van der Waals surface area contributed by atoms with E-state index < -0.39 is 5.91 Å². The average Bonchev–Trinajstić information content (AvgIpc) is 2.89. The van der Waals surface area contributed by atoms with Crippen LogP contribution in [0.25, 0.3) is 0 Å². The van der Waals surface area contributed by atoms with Gasteiger partial charge in [0, 0.05) is 28.9 Å². The molecule has 0 atom stereocenters. The molecule has 3 rings (SSSR count). The van der Waals surface area contributed by atoms with Crippen LogP contribution in [0.4, 0.5) is 5.69 Å². The van der Waals surface area contributed by atoms with Gasteiger partial charge in [-0.25, -0.2) is 0 Å². The molecule has 0 aliphatic carbocycles. The van der Waals surface area contributed by atoms with E-state index in [0.717, 1.165) is 25.7 Å². The third-order valence-electron chi connectivity index (χ3n) is 5.50. The van der Waals surface area contributed by atoms with Crippen LogP contribution in [0.15, 0.2) is 84.9 Å². The number of carbonyl (C=O) groups excluding carboxylic acids is 3. The Kier molecular flexibility index (Phi) is 9.42. The number of nitrogens with zero attached hydrogens (tertiary/aromatic N) is 1. The lowest BCUT2D eigenvalue weighted by atomic mass is 10.1. The van der Waals surface area contributed by atoms with Gasteiger partial charge in [-0.1, -0.05) is 62.6 Å². The Morgan fingerprint density at radius 1 is 0.686 bits per heavy atom.